The van der Waals surface area contributed by atoms with Gasteiger partial charge in [0, 0.05) is 5.39 Å². The van der Waals surface area contributed by atoms with Gasteiger partial charge in [0.05, 0.1) is 11.0 Å². The van der Waals surface area contributed by atoms with E-state index >= 15 is 0 Å². The summed E-state index contributed by atoms with van der Waals surface area (Å²) in [4.78, 5) is 31.5. The monoisotopic (exact) mass is 305 g/mol. The van der Waals surface area contributed by atoms with Gasteiger partial charge in [0.1, 0.15) is 11.1 Å². The van der Waals surface area contributed by atoms with Crippen molar-refractivity contribution in [1.29, 1.82) is 0 Å². The number of carbonyl (C=O) groups is 1. The number of nitrogens with zero attached hydrogens (tertiary/aromatic N) is 1. The largest absolute Gasteiger partial charge is 0.422 e. The highest BCUT2D eigenvalue weighted by atomic mass is 16.4. The van der Waals surface area contributed by atoms with Crippen molar-refractivity contribution in [3.63, 3.8) is 0 Å². The van der Waals surface area contributed by atoms with Gasteiger partial charge in [-0.2, -0.15) is 0 Å². The molecule has 0 saturated heterocycles. The predicted molar refractivity (Wildman–Crippen MR) is 86.5 cm³/mol. The van der Waals surface area contributed by atoms with Crippen molar-refractivity contribution in [3.05, 3.63) is 70.6 Å². The number of H-pyrrole nitrogens is 1. The molecule has 6 nitrogen and oxygen atoms in total. The SMILES string of the molecule is O=C(Nc1nc2ccccc2[nH]1)c1cc2ccccc2oc1=O. The summed E-state index contributed by atoms with van der Waals surface area (Å²) in [5.74, 6) is -0.285. The third-order valence-electron chi connectivity index (χ3n) is 3.51. The van der Waals surface area contributed by atoms with Crippen molar-refractivity contribution in [2.45, 2.75) is 0 Å². The van der Waals surface area contributed by atoms with Crippen LogP contribution in [0.4, 0.5) is 5.95 Å². The molecule has 4 rings (SSSR count). The van der Waals surface area contributed by atoms with Crippen LogP contribution in [0.2, 0.25) is 0 Å². The molecule has 0 saturated carbocycles. The minimum Gasteiger partial charge on any atom is -0.422 e. The van der Waals surface area contributed by atoms with E-state index in [1.165, 1.54) is 6.07 Å². The normalized spacial score (nSPS) is 11.0. The number of benzene rings is 2. The van der Waals surface area contributed by atoms with Gasteiger partial charge < -0.3 is 9.40 Å². The van der Waals surface area contributed by atoms with E-state index in [0.717, 1.165) is 11.0 Å². The minimum absolute atomic E-state index is 0.0656. The minimum atomic E-state index is -0.683. The van der Waals surface area contributed by atoms with Gasteiger partial charge in [0.15, 0.2) is 0 Å². The fraction of sp³-hybridized carbons (Fsp3) is 0. The number of imidazole rings is 1. The summed E-state index contributed by atoms with van der Waals surface area (Å²) in [6.45, 7) is 0. The Hall–Kier alpha value is -3.41. The fourth-order valence-corrected chi connectivity index (χ4v) is 2.41. The number of hydrogen-bond donors (Lipinski definition) is 2. The van der Waals surface area contributed by atoms with Gasteiger partial charge >= 0.3 is 5.63 Å². The van der Waals surface area contributed by atoms with Crippen LogP contribution in [-0.2, 0) is 0 Å². The van der Waals surface area contributed by atoms with Gasteiger partial charge in [0.2, 0.25) is 5.95 Å². The number of anilines is 1. The van der Waals surface area contributed by atoms with Gasteiger partial charge in [-0.05, 0) is 24.3 Å². The van der Waals surface area contributed by atoms with Crippen molar-refractivity contribution in [3.8, 4) is 0 Å². The van der Waals surface area contributed by atoms with E-state index in [2.05, 4.69) is 15.3 Å². The van der Waals surface area contributed by atoms with E-state index < -0.39 is 11.5 Å². The molecule has 0 bridgehead atoms. The Kier molecular flexibility index (Phi) is 2.94. The molecule has 0 spiro atoms. The van der Waals surface area contributed by atoms with Crippen molar-refractivity contribution in [2.24, 2.45) is 0 Å². The molecule has 4 aromatic rings. The van der Waals surface area contributed by atoms with Crippen LogP contribution in [0.15, 0.2) is 63.8 Å². The molecule has 0 fully saturated rings. The van der Waals surface area contributed by atoms with E-state index in [1.807, 2.05) is 30.3 Å². The van der Waals surface area contributed by atoms with E-state index in [4.69, 9.17) is 4.42 Å². The average Bonchev–Trinajstić information content (AvgIpc) is 2.96. The number of para-hydroxylation sites is 3. The molecule has 0 aliphatic carbocycles. The first-order valence-corrected chi connectivity index (χ1v) is 7.00. The van der Waals surface area contributed by atoms with Crippen molar-refractivity contribution < 1.29 is 9.21 Å². The van der Waals surface area contributed by atoms with E-state index in [9.17, 15) is 9.59 Å². The van der Waals surface area contributed by atoms with Crippen LogP contribution in [0.5, 0.6) is 0 Å². The maximum absolute atomic E-state index is 12.3. The second-order valence-electron chi connectivity index (χ2n) is 5.04. The molecule has 23 heavy (non-hydrogen) atoms. The lowest BCUT2D eigenvalue weighted by Gasteiger charge is -2.02. The summed E-state index contributed by atoms with van der Waals surface area (Å²) in [5, 5.41) is 3.27. The lowest BCUT2D eigenvalue weighted by molar-refractivity contribution is 0.102. The number of amides is 1. The summed E-state index contributed by atoms with van der Waals surface area (Å²) in [5.41, 5.74) is 1.22. The van der Waals surface area contributed by atoms with Crippen LogP contribution in [0.25, 0.3) is 22.0 Å². The van der Waals surface area contributed by atoms with E-state index in [1.54, 1.807) is 18.2 Å². The Morgan fingerprint density at radius 2 is 1.87 bits per heavy atom. The Balaban J connectivity index is 1.71. The molecular weight excluding hydrogens is 294 g/mol. The zero-order valence-corrected chi connectivity index (χ0v) is 11.9. The average molecular weight is 305 g/mol. The van der Waals surface area contributed by atoms with Crippen molar-refractivity contribution in [2.75, 3.05) is 5.32 Å². The topological polar surface area (TPSA) is 88.0 Å². The van der Waals surface area contributed by atoms with Crippen LogP contribution >= 0.6 is 0 Å². The van der Waals surface area contributed by atoms with Gasteiger partial charge in [0.25, 0.3) is 5.91 Å². The molecule has 0 radical (unpaired) electrons. The maximum Gasteiger partial charge on any atom is 0.349 e. The van der Waals surface area contributed by atoms with Crippen LogP contribution < -0.4 is 10.9 Å². The van der Waals surface area contributed by atoms with Crippen LogP contribution in [-0.4, -0.2) is 15.9 Å². The van der Waals surface area contributed by atoms with Crippen LogP contribution in [0.3, 0.4) is 0 Å². The quantitative estimate of drug-likeness (QED) is 0.557. The molecule has 2 heterocycles. The van der Waals surface area contributed by atoms with Crippen molar-refractivity contribution in [1.82, 2.24) is 9.97 Å². The standard InChI is InChI=1S/C17H11N3O3/c21-15(20-17-18-12-6-2-3-7-13(12)19-17)11-9-10-5-1-4-8-14(10)23-16(11)22/h1-9H,(H2,18,19,20,21). The van der Waals surface area contributed by atoms with Crippen LogP contribution in [0, 0.1) is 0 Å². The highest BCUT2D eigenvalue weighted by Gasteiger charge is 2.15. The lowest BCUT2D eigenvalue weighted by atomic mass is 10.2. The van der Waals surface area contributed by atoms with Crippen molar-refractivity contribution >= 4 is 33.9 Å². The summed E-state index contributed by atoms with van der Waals surface area (Å²) in [6.07, 6.45) is 0. The fourth-order valence-electron chi connectivity index (χ4n) is 2.41. The number of nitrogens with one attached hydrogen (secondary N) is 2. The molecule has 2 aromatic heterocycles. The summed E-state index contributed by atoms with van der Waals surface area (Å²) in [6, 6.07) is 15.9. The number of aromatic nitrogens is 2. The number of carbonyl (C=O) groups excluding carboxylic acids is 1. The first kappa shape index (κ1) is 13.3. The number of rotatable bonds is 2. The Labute approximate surface area is 129 Å². The molecule has 0 atom stereocenters. The second kappa shape index (κ2) is 5.10. The van der Waals surface area contributed by atoms with Gasteiger partial charge in [-0.15, -0.1) is 0 Å². The number of hydrogen-bond acceptors (Lipinski definition) is 4. The summed E-state index contributed by atoms with van der Waals surface area (Å²) in [7, 11) is 0. The molecule has 0 aliphatic rings. The van der Waals surface area contributed by atoms with Gasteiger partial charge in [-0.3, -0.25) is 10.1 Å². The highest BCUT2D eigenvalue weighted by Crippen LogP contribution is 2.15. The summed E-state index contributed by atoms with van der Waals surface area (Å²) < 4.78 is 5.16. The smallest absolute Gasteiger partial charge is 0.349 e. The number of aromatic amines is 1. The first-order valence-electron chi connectivity index (χ1n) is 7.00. The Morgan fingerprint density at radius 3 is 2.74 bits per heavy atom. The summed E-state index contributed by atoms with van der Waals surface area (Å²) >= 11 is 0. The molecule has 112 valence electrons. The first-order chi connectivity index (χ1) is 11.2. The zero-order chi connectivity index (χ0) is 15.8. The van der Waals surface area contributed by atoms with Gasteiger partial charge in [-0.25, -0.2) is 9.78 Å². The molecule has 0 aliphatic heterocycles. The Bertz CT molecular complexity index is 1060. The van der Waals surface area contributed by atoms with E-state index in [0.29, 0.717) is 11.0 Å². The zero-order valence-electron chi connectivity index (χ0n) is 11.9. The molecular formula is C17H11N3O3. The predicted octanol–water partition coefficient (Wildman–Crippen LogP) is 2.92. The molecule has 2 N–H and O–H groups in total. The highest BCUT2D eigenvalue weighted by molar-refractivity contribution is 6.05. The molecule has 2 aromatic carbocycles. The second-order valence-corrected chi connectivity index (χ2v) is 5.04. The third kappa shape index (κ3) is 2.36. The molecule has 0 unspecified atom stereocenters. The molecule has 6 heteroatoms. The maximum atomic E-state index is 12.3. The Morgan fingerprint density at radius 1 is 1.09 bits per heavy atom. The van der Waals surface area contributed by atoms with Crippen LogP contribution in [0.1, 0.15) is 10.4 Å². The third-order valence-corrected chi connectivity index (χ3v) is 3.51. The molecule has 1 amide bonds. The lowest BCUT2D eigenvalue weighted by Crippen LogP contribution is -2.21. The van der Waals surface area contributed by atoms with Gasteiger partial charge in [-0.1, -0.05) is 30.3 Å². The van der Waals surface area contributed by atoms with E-state index in [-0.39, 0.29) is 11.5 Å². The number of fused-ring (bicyclic) bond motifs is 2.